The number of methoxy groups -OCH3 is 3. The number of benzene rings is 1. The SMILES string of the molecule is COc1cc(COc2ccnc(-c3ccc(OC)nc3)c2)c2cc(-c3cn4nc(OC)sc4n3)oc2c1. The van der Waals surface area contributed by atoms with Crippen LogP contribution in [0.4, 0.5) is 0 Å². The van der Waals surface area contributed by atoms with Crippen LogP contribution in [-0.4, -0.2) is 45.9 Å². The van der Waals surface area contributed by atoms with Crippen molar-refractivity contribution in [3.05, 3.63) is 66.6 Å². The van der Waals surface area contributed by atoms with E-state index in [1.807, 2.05) is 42.6 Å². The average Bonchev–Trinajstić information content (AvgIpc) is 3.65. The summed E-state index contributed by atoms with van der Waals surface area (Å²) in [5, 5.41) is 5.79. The Morgan fingerprint density at radius 3 is 2.59 bits per heavy atom. The van der Waals surface area contributed by atoms with Crippen LogP contribution in [0, 0.1) is 0 Å². The minimum absolute atomic E-state index is 0.300. The third kappa shape index (κ3) is 4.40. The van der Waals surface area contributed by atoms with Crippen molar-refractivity contribution in [2.24, 2.45) is 0 Å². The van der Waals surface area contributed by atoms with Gasteiger partial charge < -0.3 is 23.4 Å². The molecule has 0 saturated carbocycles. The van der Waals surface area contributed by atoms with Gasteiger partial charge in [-0.2, -0.15) is 0 Å². The first-order valence-corrected chi connectivity index (χ1v) is 12.1. The maximum absolute atomic E-state index is 6.16. The average molecular weight is 516 g/mol. The summed E-state index contributed by atoms with van der Waals surface area (Å²) in [6.07, 6.45) is 5.24. The molecule has 6 rings (SSSR count). The summed E-state index contributed by atoms with van der Waals surface area (Å²) in [6.45, 7) is 0.300. The molecule has 0 aliphatic rings. The Hall–Kier alpha value is -4.64. The number of hydrogen-bond acceptors (Lipinski definition) is 10. The number of rotatable bonds is 8. The van der Waals surface area contributed by atoms with Gasteiger partial charge in [0.2, 0.25) is 10.8 Å². The molecule has 5 heterocycles. The second-order valence-corrected chi connectivity index (χ2v) is 8.91. The van der Waals surface area contributed by atoms with Crippen LogP contribution in [0.2, 0.25) is 0 Å². The third-order valence-electron chi connectivity index (χ3n) is 5.75. The van der Waals surface area contributed by atoms with Crippen molar-refractivity contribution in [3.8, 4) is 45.3 Å². The molecule has 0 unspecified atom stereocenters. The van der Waals surface area contributed by atoms with E-state index in [4.69, 9.17) is 23.4 Å². The lowest BCUT2D eigenvalue weighted by atomic mass is 10.1. The van der Waals surface area contributed by atoms with E-state index in [2.05, 4.69) is 20.1 Å². The second kappa shape index (κ2) is 9.43. The maximum Gasteiger partial charge on any atom is 0.294 e. The Labute approximate surface area is 215 Å². The molecule has 6 aromatic rings. The lowest BCUT2D eigenvalue weighted by molar-refractivity contribution is 0.306. The molecule has 0 atom stereocenters. The molecular formula is C26H21N5O5S. The number of hydrogen-bond donors (Lipinski definition) is 0. The van der Waals surface area contributed by atoms with Crippen LogP contribution in [0.25, 0.3) is 38.6 Å². The molecule has 37 heavy (non-hydrogen) atoms. The number of fused-ring (bicyclic) bond motifs is 2. The van der Waals surface area contributed by atoms with Crippen LogP contribution < -0.4 is 18.9 Å². The summed E-state index contributed by atoms with van der Waals surface area (Å²) in [7, 11) is 4.79. The first-order valence-electron chi connectivity index (χ1n) is 11.2. The molecular weight excluding hydrogens is 494 g/mol. The predicted octanol–water partition coefficient (Wildman–Crippen LogP) is 5.27. The second-order valence-electron chi connectivity index (χ2n) is 7.99. The number of ether oxygens (including phenoxy) is 4. The number of pyridine rings is 2. The predicted molar refractivity (Wildman–Crippen MR) is 138 cm³/mol. The highest BCUT2D eigenvalue weighted by Crippen LogP contribution is 2.34. The minimum atomic E-state index is 0.300. The van der Waals surface area contributed by atoms with E-state index in [1.54, 1.807) is 44.3 Å². The Balaban J connectivity index is 1.28. The molecule has 0 aliphatic carbocycles. The highest BCUT2D eigenvalue weighted by molar-refractivity contribution is 7.18. The van der Waals surface area contributed by atoms with E-state index < -0.39 is 0 Å². The van der Waals surface area contributed by atoms with Crippen LogP contribution >= 0.6 is 11.3 Å². The molecule has 0 aliphatic heterocycles. The molecule has 0 bridgehead atoms. The molecule has 0 radical (unpaired) electrons. The number of furan rings is 1. The Kier molecular flexibility index (Phi) is 5.81. The van der Waals surface area contributed by atoms with Crippen molar-refractivity contribution in [1.29, 1.82) is 0 Å². The number of imidazole rings is 1. The summed E-state index contributed by atoms with van der Waals surface area (Å²) in [5.74, 6) is 2.52. The van der Waals surface area contributed by atoms with Gasteiger partial charge in [0.25, 0.3) is 5.19 Å². The summed E-state index contributed by atoms with van der Waals surface area (Å²) in [5.41, 5.74) is 3.88. The molecule has 186 valence electrons. The Morgan fingerprint density at radius 2 is 1.84 bits per heavy atom. The van der Waals surface area contributed by atoms with Crippen molar-refractivity contribution < 1.29 is 23.4 Å². The first kappa shape index (κ1) is 22.8. The van der Waals surface area contributed by atoms with Crippen molar-refractivity contribution in [2.75, 3.05) is 21.3 Å². The fourth-order valence-electron chi connectivity index (χ4n) is 3.90. The fraction of sp³-hybridized carbons (Fsp3) is 0.154. The van der Waals surface area contributed by atoms with Gasteiger partial charge in [0.05, 0.1) is 33.2 Å². The van der Waals surface area contributed by atoms with Crippen LogP contribution in [0.15, 0.2) is 65.5 Å². The molecule has 0 amide bonds. The van der Waals surface area contributed by atoms with E-state index in [1.165, 1.54) is 11.3 Å². The lowest BCUT2D eigenvalue weighted by Crippen LogP contribution is -1.98. The molecule has 1 aromatic carbocycles. The molecule has 0 N–H and O–H groups in total. The lowest BCUT2D eigenvalue weighted by Gasteiger charge is -2.10. The van der Waals surface area contributed by atoms with Crippen LogP contribution in [0.1, 0.15) is 5.56 Å². The van der Waals surface area contributed by atoms with Gasteiger partial charge in [-0.3, -0.25) is 4.98 Å². The normalized spacial score (nSPS) is 11.2. The summed E-state index contributed by atoms with van der Waals surface area (Å²) < 4.78 is 29.8. The molecule has 10 nitrogen and oxygen atoms in total. The monoisotopic (exact) mass is 515 g/mol. The molecule has 0 fully saturated rings. The van der Waals surface area contributed by atoms with Crippen molar-refractivity contribution >= 4 is 27.3 Å². The van der Waals surface area contributed by atoms with Gasteiger partial charge in [0.1, 0.15) is 29.4 Å². The molecule has 5 aromatic heterocycles. The van der Waals surface area contributed by atoms with Crippen molar-refractivity contribution in [1.82, 2.24) is 24.6 Å². The van der Waals surface area contributed by atoms with E-state index in [0.29, 0.717) is 51.2 Å². The van der Waals surface area contributed by atoms with Gasteiger partial charge in [-0.15, -0.1) is 5.10 Å². The minimum Gasteiger partial charge on any atom is -0.497 e. The fourth-order valence-corrected chi connectivity index (χ4v) is 4.60. The van der Waals surface area contributed by atoms with E-state index in [0.717, 1.165) is 22.2 Å². The highest BCUT2D eigenvalue weighted by Gasteiger charge is 2.17. The van der Waals surface area contributed by atoms with Crippen LogP contribution in [-0.2, 0) is 6.61 Å². The highest BCUT2D eigenvalue weighted by atomic mass is 32.1. The largest absolute Gasteiger partial charge is 0.497 e. The van der Waals surface area contributed by atoms with E-state index >= 15 is 0 Å². The van der Waals surface area contributed by atoms with Crippen molar-refractivity contribution in [2.45, 2.75) is 6.61 Å². The topological polar surface area (TPSA) is 106 Å². The van der Waals surface area contributed by atoms with Crippen molar-refractivity contribution in [3.63, 3.8) is 0 Å². The van der Waals surface area contributed by atoms with Gasteiger partial charge in [0, 0.05) is 47.1 Å². The van der Waals surface area contributed by atoms with Gasteiger partial charge in [-0.05, 0) is 35.6 Å². The number of aromatic nitrogens is 5. The standard InChI is InChI=1S/C26H21N5O5S/c1-32-18-8-16(14-35-17-6-7-27-20(9-17)15-4-5-24(33-2)28-12-15)19-11-23(36-22(19)10-18)21-13-31-25(29-21)37-26(30-31)34-3/h4-13H,14H2,1-3H3. The molecule has 0 spiro atoms. The Bertz CT molecular complexity index is 1670. The maximum atomic E-state index is 6.16. The van der Waals surface area contributed by atoms with E-state index in [9.17, 15) is 0 Å². The number of nitrogens with zero attached hydrogens (tertiary/aromatic N) is 5. The summed E-state index contributed by atoms with van der Waals surface area (Å²) in [4.78, 5) is 14.0. The molecule has 11 heteroatoms. The summed E-state index contributed by atoms with van der Waals surface area (Å²) in [6, 6.07) is 13.1. The Morgan fingerprint density at radius 1 is 0.919 bits per heavy atom. The van der Waals surface area contributed by atoms with Gasteiger partial charge in [0.15, 0.2) is 5.76 Å². The first-order chi connectivity index (χ1) is 18.1. The van der Waals surface area contributed by atoms with E-state index in [-0.39, 0.29) is 0 Å². The quantitative estimate of drug-likeness (QED) is 0.268. The zero-order valence-electron chi connectivity index (χ0n) is 20.2. The molecule has 0 saturated heterocycles. The van der Waals surface area contributed by atoms with Gasteiger partial charge in [-0.25, -0.2) is 14.5 Å². The van der Waals surface area contributed by atoms with Crippen LogP contribution in [0.5, 0.6) is 22.6 Å². The zero-order valence-corrected chi connectivity index (χ0v) is 21.0. The van der Waals surface area contributed by atoms with Gasteiger partial charge >= 0.3 is 0 Å². The third-order valence-corrected chi connectivity index (χ3v) is 6.63. The summed E-state index contributed by atoms with van der Waals surface area (Å²) >= 11 is 1.36. The van der Waals surface area contributed by atoms with Gasteiger partial charge in [-0.1, -0.05) is 0 Å². The zero-order chi connectivity index (χ0) is 25.4. The smallest absolute Gasteiger partial charge is 0.294 e. The van der Waals surface area contributed by atoms with Crippen LogP contribution in [0.3, 0.4) is 0 Å².